The Kier molecular flexibility index (Phi) is 5.00. The second-order valence-electron chi connectivity index (χ2n) is 6.72. The third-order valence-corrected chi connectivity index (χ3v) is 4.40. The van der Waals surface area contributed by atoms with Gasteiger partial charge < -0.3 is 14.0 Å². The van der Waals surface area contributed by atoms with Gasteiger partial charge in [0.05, 0.1) is 17.8 Å². The van der Waals surface area contributed by atoms with E-state index in [-0.39, 0.29) is 18.3 Å². The molecule has 0 amide bonds. The summed E-state index contributed by atoms with van der Waals surface area (Å²) in [6.07, 6.45) is 3.51. The van der Waals surface area contributed by atoms with Crippen LogP contribution in [0.15, 0.2) is 24.3 Å². The highest BCUT2D eigenvalue weighted by atomic mass is 16.7. The number of hydrogen-bond donors (Lipinski definition) is 0. The molecule has 0 atom stereocenters. The van der Waals surface area contributed by atoms with Crippen molar-refractivity contribution in [1.29, 1.82) is 0 Å². The van der Waals surface area contributed by atoms with Crippen molar-refractivity contribution in [3.8, 4) is 5.75 Å². The van der Waals surface area contributed by atoms with E-state index in [1.807, 2.05) is 24.3 Å². The van der Waals surface area contributed by atoms with Crippen molar-refractivity contribution >= 4 is 12.6 Å². The Bertz CT molecular complexity index is 455. The van der Waals surface area contributed by atoms with E-state index in [1.165, 1.54) is 12.8 Å². The summed E-state index contributed by atoms with van der Waals surface area (Å²) in [4.78, 5) is 0. The highest BCUT2D eigenvalue weighted by Gasteiger charge is 2.51. The molecule has 0 radical (unpaired) electrons. The lowest BCUT2D eigenvalue weighted by Crippen LogP contribution is -2.41. The summed E-state index contributed by atoms with van der Waals surface area (Å²) in [5, 5.41) is 0. The molecule has 116 valence electrons. The molecule has 0 N–H and O–H groups in total. The Labute approximate surface area is 129 Å². The van der Waals surface area contributed by atoms with Crippen LogP contribution in [0, 0.1) is 0 Å². The summed E-state index contributed by atoms with van der Waals surface area (Å²) < 4.78 is 17.9. The minimum Gasteiger partial charge on any atom is -0.494 e. The van der Waals surface area contributed by atoms with Crippen molar-refractivity contribution in [2.24, 2.45) is 0 Å². The van der Waals surface area contributed by atoms with Gasteiger partial charge in [-0.2, -0.15) is 0 Å². The Balaban J connectivity index is 2.02. The van der Waals surface area contributed by atoms with Gasteiger partial charge in [0.1, 0.15) is 5.75 Å². The summed E-state index contributed by atoms with van der Waals surface area (Å²) in [5.74, 6) is 0.887. The molecule has 1 aliphatic heterocycles. The summed E-state index contributed by atoms with van der Waals surface area (Å²) in [6, 6.07) is 8.03. The molecule has 1 aromatic carbocycles. The van der Waals surface area contributed by atoms with E-state index in [1.54, 1.807) is 0 Å². The van der Waals surface area contributed by atoms with Gasteiger partial charge in [-0.05, 0) is 51.7 Å². The summed E-state index contributed by atoms with van der Waals surface area (Å²) in [7, 11) is -0.325. The molecule has 1 aromatic rings. The maximum absolute atomic E-state index is 6.07. The molecule has 0 bridgehead atoms. The average Bonchev–Trinajstić information content (AvgIpc) is 2.64. The molecule has 4 heteroatoms. The number of benzene rings is 1. The van der Waals surface area contributed by atoms with Crippen LogP contribution in [0.25, 0.3) is 0 Å². The van der Waals surface area contributed by atoms with E-state index in [0.29, 0.717) is 0 Å². The molecule has 2 rings (SSSR count). The maximum Gasteiger partial charge on any atom is 0.494 e. The van der Waals surface area contributed by atoms with Gasteiger partial charge in [-0.15, -0.1) is 0 Å². The van der Waals surface area contributed by atoms with Crippen LogP contribution in [0.5, 0.6) is 5.75 Å². The largest absolute Gasteiger partial charge is 0.494 e. The van der Waals surface area contributed by atoms with Gasteiger partial charge in [0, 0.05) is 0 Å². The van der Waals surface area contributed by atoms with E-state index in [9.17, 15) is 0 Å². The first-order valence-corrected chi connectivity index (χ1v) is 7.94. The molecular formula is C17H27BO3. The predicted octanol–water partition coefficient (Wildman–Crippen LogP) is 3.55. The van der Waals surface area contributed by atoms with Gasteiger partial charge in [-0.25, -0.2) is 0 Å². The molecule has 0 aromatic heterocycles. The SMILES string of the molecule is CCCCCOc1cccc(B2OC(C)(C)C(C)(C)O2)c1. The molecule has 21 heavy (non-hydrogen) atoms. The Hall–Kier alpha value is -0.995. The number of ether oxygens (including phenoxy) is 1. The summed E-state index contributed by atoms with van der Waals surface area (Å²) >= 11 is 0. The normalized spacial score (nSPS) is 19.8. The first-order chi connectivity index (χ1) is 9.86. The van der Waals surface area contributed by atoms with Crippen molar-refractivity contribution in [2.75, 3.05) is 6.61 Å². The standard InChI is InChI=1S/C17H27BO3/c1-6-7-8-12-19-15-11-9-10-14(13-15)18-20-16(2,3)17(4,5)21-18/h9-11,13H,6-8,12H2,1-5H3. The first-order valence-electron chi connectivity index (χ1n) is 7.94. The van der Waals surface area contributed by atoms with E-state index in [0.717, 1.165) is 24.2 Å². The van der Waals surface area contributed by atoms with Crippen LogP contribution in [0.3, 0.4) is 0 Å². The van der Waals surface area contributed by atoms with E-state index in [4.69, 9.17) is 14.0 Å². The lowest BCUT2D eigenvalue weighted by molar-refractivity contribution is 0.00578. The fourth-order valence-electron chi connectivity index (χ4n) is 2.27. The van der Waals surface area contributed by atoms with Crippen LogP contribution in [-0.2, 0) is 9.31 Å². The third-order valence-electron chi connectivity index (χ3n) is 4.40. The zero-order valence-electron chi connectivity index (χ0n) is 13.9. The molecule has 1 heterocycles. The lowest BCUT2D eigenvalue weighted by Gasteiger charge is -2.32. The molecule has 0 unspecified atom stereocenters. The highest BCUT2D eigenvalue weighted by Crippen LogP contribution is 2.36. The van der Waals surface area contributed by atoms with E-state index in [2.05, 4.69) is 34.6 Å². The van der Waals surface area contributed by atoms with Crippen LogP contribution < -0.4 is 10.2 Å². The van der Waals surface area contributed by atoms with Crippen LogP contribution in [0.2, 0.25) is 0 Å². The van der Waals surface area contributed by atoms with Gasteiger partial charge >= 0.3 is 7.12 Å². The number of rotatable bonds is 6. The zero-order chi connectivity index (χ0) is 15.5. The smallest absolute Gasteiger partial charge is 0.494 e. The van der Waals surface area contributed by atoms with E-state index >= 15 is 0 Å². The minimum atomic E-state index is -0.325. The number of unbranched alkanes of at least 4 members (excludes halogenated alkanes) is 2. The zero-order valence-corrected chi connectivity index (χ0v) is 13.9. The van der Waals surface area contributed by atoms with Crippen molar-refractivity contribution in [3.05, 3.63) is 24.3 Å². The van der Waals surface area contributed by atoms with Crippen LogP contribution in [0.4, 0.5) is 0 Å². The molecular weight excluding hydrogens is 263 g/mol. The van der Waals surface area contributed by atoms with Crippen LogP contribution in [-0.4, -0.2) is 24.9 Å². The highest BCUT2D eigenvalue weighted by molar-refractivity contribution is 6.62. The monoisotopic (exact) mass is 290 g/mol. The number of hydrogen-bond acceptors (Lipinski definition) is 3. The molecule has 1 saturated heterocycles. The summed E-state index contributed by atoms with van der Waals surface area (Å²) in [6.45, 7) is 11.2. The molecule has 0 saturated carbocycles. The van der Waals surface area contributed by atoms with E-state index < -0.39 is 0 Å². The third kappa shape index (κ3) is 3.80. The second-order valence-corrected chi connectivity index (χ2v) is 6.72. The van der Waals surface area contributed by atoms with Gasteiger partial charge in [-0.3, -0.25) is 0 Å². The van der Waals surface area contributed by atoms with Gasteiger partial charge in [-0.1, -0.05) is 31.9 Å². The Morgan fingerprint density at radius 1 is 1.05 bits per heavy atom. The molecule has 1 fully saturated rings. The Morgan fingerprint density at radius 3 is 2.33 bits per heavy atom. The van der Waals surface area contributed by atoms with Gasteiger partial charge in [0.15, 0.2) is 0 Å². The second kappa shape index (κ2) is 6.41. The van der Waals surface area contributed by atoms with Gasteiger partial charge in [0.2, 0.25) is 0 Å². The fourth-order valence-corrected chi connectivity index (χ4v) is 2.27. The topological polar surface area (TPSA) is 27.7 Å². The van der Waals surface area contributed by atoms with Crippen LogP contribution >= 0.6 is 0 Å². The van der Waals surface area contributed by atoms with Crippen LogP contribution in [0.1, 0.15) is 53.9 Å². The molecule has 0 spiro atoms. The Morgan fingerprint density at radius 2 is 1.71 bits per heavy atom. The minimum absolute atomic E-state index is 0.310. The average molecular weight is 290 g/mol. The molecule has 3 nitrogen and oxygen atoms in total. The van der Waals surface area contributed by atoms with Gasteiger partial charge in [0.25, 0.3) is 0 Å². The quantitative estimate of drug-likeness (QED) is 0.592. The maximum atomic E-state index is 6.07. The first kappa shape index (κ1) is 16.4. The summed E-state index contributed by atoms with van der Waals surface area (Å²) in [5.41, 5.74) is 0.396. The lowest BCUT2D eigenvalue weighted by atomic mass is 9.79. The molecule has 1 aliphatic rings. The van der Waals surface area contributed by atoms with Crippen molar-refractivity contribution in [3.63, 3.8) is 0 Å². The van der Waals surface area contributed by atoms with Crippen molar-refractivity contribution in [1.82, 2.24) is 0 Å². The predicted molar refractivity (Wildman–Crippen MR) is 87.2 cm³/mol. The van der Waals surface area contributed by atoms with Crippen molar-refractivity contribution in [2.45, 2.75) is 65.1 Å². The van der Waals surface area contributed by atoms with Crippen molar-refractivity contribution < 1.29 is 14.0 Å². The molecule has 0 aliphatic carbocycles. The fraction of sp³-hybridized carbons (Fsp3) is 0.647.